The molecule has 0 aliphatic carbocycles. The fraction of sp³-hybridized carbons (Fsp3) is 0.238. The molecular formula is C21H20F2N2O2S. The Morgan fingerprint density at radius 2 is 1.82 bits per heavy atom. The van der Waals surface area contributed by atoms with E-state index in [1.54, 1.807) is 22.4 Å². The minimum atomic E-state index is -0.634. The van der Waals surface area contributed by atoms with Crippen LogP contribution in [0.2, 0.25) is 0 Å². The van der Waals surface area contributed by atoms with Crippen LogP contribution in [-0.4, -0.2) is 28.9 Å². The summed E-state index contributed by atoms with van der Waals surface area (Å²) in [6.07, 6.45) is 0. The summed E-state index contributed by atoms with van der Waals surface area (Å²) in [6, 6.07) is 10.6. The first-order valence-electron chi connectivity index (χ1n) is 8.93. The third-order valence-corrected chi connectivity index (χ3v) is 5.18. The lowest BCUT2D eigenvalue weighted by Crippen LogP contribution is -2.30. The minimum Gasteiger partial charge on any atom is -0.489 e. The predicted molar refractivity (Wildman–Crippen MR) is 105 cm³/mol. The van der Waals surface area contributed by atoms with E-state index in [9.17, 15) is 13.6 Å². The van der Waals surface area contributed by atoms with Crippen molar-refractivity contribution in [3.05, 3.63) is 70.7 Å². The maximum absolute atomic E-state index is 13.7. The number of benzene rings is 2. The van der Waals surface area contributed by atoms with Gasteiger partial charge in [-0.25, -0.2) is 13.8 Å². The second-order valence-electron chi connectivity index (χ2n) is 6.06. The Balaban J connectivity index is 1.67. The average molecular weight is 402 g/mol. The SMILES string of the molecule is CCN(CC)C(=O)c1csc(-c2ccc(OCc3ccc(F)cc3F)cc2)n1. The van der Waals surface area contributed by atoms with Gasteiger partial charge in [0.15, 0.2) is 0 Å². The van der Waals surface area contributed by atoms with E-state index in [0.29, 0.717) is 24.5 Å². The molecule has 3 rings (SSSR count). The normalized spacial score (nSPS) is 10.7. The lowest BCUT2D eigenvalue weighted by atomic mass is 10.2. The Hall–Kier alpha value is -2.80. The van der Waals surface area contributed by atoms with E-state index in [2.05, 4.69) is 4.98 Å². The van der Waals surface area contributed by atoms with Gasteiger partial charge in [-0.1, -0.05) is 0 Å². The molecule has 2 aromatic carbocycles. The number of hydrogen-bond donors (Lipinski definition) is 0. The van der Waals surface area contributed by atoms with Crippen molar-refractivity contribution in [3.8, 4) is 16.3 Å². The topological polar surface area (TPSA) is 42.4 Å². The third kappa shape index (κ3) is 4.54. The van der Waals surface area contributed by atoms with E-state index >= 15 is 0 Å². The van der Waals surface area contributed by atoms with Crippen molar-refractivity contribution < 1.29 is 18.3 Å². The summed E-state index contributed by atoms with van der Waals surface area (Å²) in [6.45, 7) is 5.16. The van der Waals surface area contributed by atoms with E-state index in [1.165, 1.54) is 23.5 Å². The van der Waals surface area contributed by atoms with Crippen LogP contribution in [0, 0.1) is 11.6 Å². The van der Waals surface area contributed by atoms with Crippen molar-refractivity contribution in [1.82, 2.24) is 9.88 Å². The van der Waals surface area contributed by atoms with Crippen LogP contribution in [-0.2, 0) is 6.61 Å². The standard InChI is InChI=1S/C21H20F2N2O2S/c1-3-25(4-2)21(26)19-13-28-20(24-19)14-6-9-17(10-7-14)27-12-15-5-8-16(22)11-18(15)23/h5-11,13H,3-4,12H2,1-2H3. The van der Waals surface area contributed by atoms with Crippen molar-refractivity contribution in [2.75, 3.05) is 13.1 Å². The van der Waals surface area contributed by atoms with Crippen LogP contribution in [0.1, 0.15) is 29.9 Å². The first kappa shape index (κ1) is 19.9. The highest BCUT2D eigenvalue weighted by Crippen LogP contribution is 2.26. The molecule has 0 fully saturated rings. The predicted octanol–water partition coefficient (Wildman–Crippen LogP) is 5.15. The number of ether oxygens (including phenoxy) is 1. The van der Waals surface area contributed by atoms with Gasteiger partial charge in [0, 0.05) is 35.7 Å². The van der Waals surface area contributed by atoms with E-state index in [4.69, 9.17) is 4.74 Å². The molecule has 146 valence electrons. The molecular weight excluding hydrogens is 382 g/mol. The number of thiazole rings is 1. The number of carbonyl (C=O) groups is 1. The quantitative estimate of drug-likeness (QED) is 0.549. The van der Waals surface area contributed by atoms with E-state index in [1.807, 2.05) is 26.0 Å². The van der Waals surface area contributed by atoms with Gasteiger partial charge in [0.25, 0.3) is 5.91 Å². The summed E-state index contributed by atoms with van der Waals surface area (Å²) in [4.78, 5) is 18.5. The lowest BCUT2D eigenvalue weighted by Gasteiger charge is -2.16. The molecule has 0 aliphatic rings. The van der Waals surface area contributed by atoms with Gasteiger partial charge >= 0.3 is 0 Å². The molecule has 0 atom stereocenters. The summed E-state index contributed by atoms with van der Waals surface area (Å²) < 4.78 is 32.2. The van der Waals surface area contributed by atoms with Crippen LogP contribution in [0.5, 0.6) is 5.75 Å². The molecule has 0 saturated heterocycles. The summed E-state index contributed by atoms with van der Waals surface area (Å²) >= 11 is 1.40. The minimum absolute atomic E-state index is 0.00519. The Labute approximate surface area is 166 Å². The summed E-state index contributed by atoms with van der Waals surface area (Å²) in [7, 11) is 0. The van der Waals surface area contributed by atoms with E-state index in [-0.39, 0.29) is 18.1 Å². The van der Waals surface area contributed by atoms with Crippen molar-refractivity contribution >= 4 is 17.2 Å². The molecule has 7 heteroatoms. The monoisotopic (exact) mass is 402 g/mol. The van der Waals surface area contributed by atoms with E-state index < -0.39 is 11.6 Å². The second-order valence-corrected chi connectivity index (χ2v) is 6.92. The van der Waals surface area contributed by atoms with Crippen LogP contribution >= 0.6 is 11.3 Å². The van der Waals surface area contributed by atoms with Gasteiger partial charge < -0.3 is 9.64 Å². The zero-order valence-electron chi connectivity index (χ0n) is 15.6. The molecule has 1 heterocycles. The molecule has 0 aliphatic heterocycles. The molecule has 0 bridgehead atoms. The number of amides is 1. The highest BCUT2D eigenvalue weighted by molar-refractivity contribution is 7.13. The van der Waals surface area contributed by atoms with Crippen LogP contribution in [0.25, 0.3) is 10.6 Å². The van der Waals surface area contributed by atoms with Gasteiger partial charge in [-0.2, -0.15) is 0 Å². The molecule has 4 nitrogen and oxygen atoms in total. The Kier molecular flexibility index (Phi) is 6.36. The van der Waals surface area contributed by atoms with Crippen LogP contribution in [0.15, 0.2) is 47.8 Å². The summed E-state index contributed by atoms with van der Waals surface area (Å²) in [5, 5.41) is 2.50. The zero-order valence-corrected chi connectivity index (χ0v) is 16.4. The molecule has 0 N–H and O–H groups in total. The second kappa shape index (κ2) is 8.93. The maximum atomic E-state index is 13.7. The van der Waals surface area contributed by atoms with Gasteiger partial charge in [-0.05, 0) is 50.2 Å². The van der Waals surface area contributed by atoms with E-state index in [0.717, 1.165) is 16.6 Å². The van der Waals surface area contributed by atoms with Gasteiger partial charge in [0.05, 0.1) is 0 Å². The van der Waals surface area contributed by atoms with Crippen LogP contribution in [0.4, 0.5) is 8.78 Å². The molecule has 1 aromatic heterocycles. The molecule has 28 heavy (non-hydrogen) atoms. The Morgan fingerprint density at radius 3 is 2.46 bits per heavy atom. The molecule has 1 amide bonds. The van der Waals surface area contributed by atoms with Crippen molar-refractivity contribution in [2.24, 2.45) is 0 Å². The van der Waals surface area contributed by atoms with Gasteiger partial charge in [0.2, 0.25) is 0 Å². The van der Waals surface area contributed by atoms with Crippen molar-refractivity contribution in [2.45, 2.75) is 20.5 Å². The summed E-state index contributed by atoms with van der Waals surface area (Å²) in [5.41, 5.74) is 1.59. The van der Waals surface area contributed by atoms with Gasteiger partial charge in [0.1, 0.15) is 34.7 Å². The van der Waals surface area contributed by atoms with Crippen LogP contribution in [0.3, 0.4) is 0 Å². The van der Waals surface area contributed by atoms with Gasteiger partial charge in [-0.15, -0.1) is 11.3 Å². The largest absolute Gasteiger partial charge is 0.489 e. The number of carbonyl (C=O) groups excluding carboxylic acids is 1. The lowest BCUT2D eigenvalue weighted by molar-refractivity contribution is 0.0768. The van der Waals surface area contributed by atoms with Crippen molar-refractivity contribution in [3.63, 3.8) is 0 Å². The first-order chi connectivity index (χ1) is 13.5. The molecule has 0 saturated carbocycles. The number of halogens is 2. The number of rotatable bonds is 7. The fourth-order valence-electron chi connectivity index (χ4n) is 2.67. The number of hydrogen-bond acceptors (Lipinski definition) is 4. The zero-order chi connectivity index (χ0) is 20.1. The number of nitrogens with zero attached hydrogens (tertiary/aromatic N) is 2. The molecule has 0 unspecified atom stereocenters. The Bertz CT molecular complexity index is 953. The molecule has 0 spiro atoms. The average Bonchev–Trinajstić information content (AvgIpc) is 3.19. The molecule has 0 radical (unpaired) electrons. The third-order valence-electron chi connectivity index (χ3n) is 4.28. The first-order valence-corrected chi connectivity index (χ1v) is 9.81. The smallest absolute Gasteiger partial charge is 0.273 e. The van der Waals surface area contributed by atoms with Gasteiger partial charge in [-0.3, -0.25) is 4.79 Å². The maximum Gasteiger partial charge on any atom is 0.273 e. The summed E-state index contributed by atoms with van der Waals surface area (Å²) in [5.74, 6) is -0.769. The Morgan fingerprint density at radius 1 is 1.11 bits per heavy atom. The highest BCUT2D eigenvalue weighted by Gasteiger charge is 2.16. The fourth-order valence-corrected chi connectivity index (χ4v) is 3.47. The van der Waals surface area contributed by atoms with Crippen molar-refractivity contribution in [1.29, 1.82) is 0 Å². The highest BCUT2D eigenvalue weighted by atomic mass is 32.1. The number of aromatic nitrogens is 1. The van der Waals surface area contributed by atoms with Crippen LogP contribution < -0.4 is 4.74 Å². The molecule has 3 aromatic rings.